The van der Waals surface area contributed by atoms with Crippen molar-refractivity contribution in [2.45, 2.75) is 12.7 Å². The highest BCUT2D eigenvalue weighted by molar-refractivity contribution is 6.90. The summed E-state index contributed by atoms with van der Waals surface area (Å²) in [5, 5.41) is 2.68. The van der Waals surface area contributed by atoms with E-state index >= 15 is 0 Å². The molecule has 2 unspecified atom stereocenters. The molecule has 5 aromatic carbocycles. The van der Waals surface area contributed by atoms with Crippen LogP contribution < -0.4 is 10.9 Å². The van der Waals surface area contributed by atoms with Gasteiger partial charge in [0.05, 0.1) is 11.2 Å². The number of aryl methyl sites for hydroxylation is 1. The fourth-order valence-corrected chi connectivity index (χ4v) is 9.37. The Kier molecular flexibility index (Phi) is 4.73. The van der Waals surface area contributed by atoms with Gasteiger partial charge in [-0.05, 0) is 70.2 Å². The van der Waals surface area contributed by atoms with Crippen molar-refractivity contribution in [1.29, 1.82) is 0 Å². The van der Waals surface area contributed by atoms with Crippen molar-refractivity contribution < 1.29 is 0 Å². The molecule has 2 aromatic heterocycles. The predicted octanol–water partition coefficient (Wildman–Crippen LogP) is 8.91. The number of rotatable bonds is 2. The summed E-state index contributed by atoms with van der Waals surface area (Å²) in [6.45, 7) is 2.49. The van der Waals surface area contributed by atoms with Gasteiger partial charge in [0.25, 0.3) is 0 Å². The molecule has 2 aliphatic carbocycles. The summed E-state index contributed by atoms with van der Waals surface area (Å²) in [7, 11) is 0. The number of para-hydroxylation sites is 2. The second-order valence-electron chi connectivity index (χ2n) is 13.3. The van der Waals surface area contributed by atoms with Crippen molar-refractivity contribution in [2.75, 3.05) is 0 Å². The zero-order valence-electron chi connectivity index (χ0n) is 25.5. The topological polar surface area (TPSA) is 9.86 Å². The number of benzene rings is 5. The van der Waals surface area contributed by atoms with Gasteiger partial charge >= 0.3 is 0 Å². The van der Waals surface area contributed by atoms with Crippen LogP contribution in [0.3, 0.4) is 0 Å². The summed E-state index contributed by atoms with van der Waals surface area (Å²) < 4.78 is 5.25. The Labute approximate surface area is 268 Å². The molecule has 2 nitrogen and oxygen atoms in total. The minimum absolute atomic E-state index is 0.226. The first-order valence-corrected chi connectivity index (χ1v) is 16.4. The molecule has 0 N–H and O–H groups in total. The molecular weight excluding hydrogens is 555 g/mol. The Hall–Kier alpha value is -5.54. The highest BCUT2D eigenvalue weighted by Gasteiger charge is 2.51. The molecule has 7 aromatic rings. The molecule has 0 amide bonds. The number of nitrogens with zero attached hydrogens (tertiary/aromatic N) is 2. The molecule has 3 heteroatoms. The second-order valence-corrected chi connectivity index (χ2v) is 13.3. The van der Waals surface area contributed by atoms with Crippen LogP contribution in [-0.2, 0) is 0 Å². The molecule has 0 fully saturated rings. The lowest BCUT2D eigenvalue weighted by Gasteiger charge is -2.44. The summed E-state index contributed by atoms with van der Waals surface area (Å²) >= 11 is 0. The van der Waals surface area contributed by atoms with E-state index < -0.39 is 0 Å². The van der Waals surface area contributed by atoms with Crippen molar-refractivity contribution in [3.05, 3.63) is 162 Å². The summed E-state index contributed by atoms with van der Waals surface area (Å²) in [4.78, 5) is 0. The lowest BCUT2D eigenvalue weighted by atomic mass is 9.28. The van der Waals surface area contributed by atoms with E-state index in [-0.39, 0.29) is 18.4 Å². The van der Waals surface area contributed by atoms with E-state index in [1.165, 1.54) is 88.9 Å². The number of aromatic nitrogens is 2. The molecule has 0 saturated heterocycles. The fourth-order valence-electron chi connectivity index (χ4n) is 9.37. The van der Waals surface area contributed by atoms with Gasteiger partial charge in [-0.2, -0.15) is 0 Å². The maximum Gasteiger partial charge on any atom is 0.227 e. The fraction of sp³-hybridized carbons (Fsp3) is 0.0698. The number of fused-ring (bicyclic) bond motifs is 9. The van der Waals surface area contributed by atoms with E-state index in [0.717, 1.165) is 0 Å². The van der Waals surface area contributed by atoms with Crippen LogP contribution in [0.15, 0.2) is 145 Å². The van der Waals surface area contributed by atoms with Crippen molar-refractivity contribution in [3.8, 4) is 33.8 Å². The first-order chi connectivity index (χ1) is 22.8. The number of allylic oxidation sites excluding steroid dienone is 5. The largest absolute Gasteiger partial charge is 0.313 e. The maximum atomic E-state index is 2.68. The predicted molar refractivity (Wildman–Crippen MR) is 193 cm³/mol. The van der Waals surface area contributed by atoms with Gasteiger partial charge in [0, 0.05) is 50.4 Å². The lowest BCUT2D eigenvalue weighted by molar-refractivity contribution is 0.679. The van der Waals surface area contributed by atoms with Gasteiger partial charge in [-0.15, -0.1) is 0 Å². The van der Waals surface area contributed by atoms with Crippen LogP contribution in [0.4, 0.5) is 0 Å². The van der Waals surface area contributed by atoms with Gasteiger partial charge < -0.3 is 9.13 Å². The Morgan fingerprint density at radius 3 is 2.22 bits per heavy atom. The van der Waals surface area contributed by atoms with E-state index in [9.17, 15) is 0 Å². The van der Waals surface area contributed by atoms with Crippen LogP contribution in [0.2, 0.25) is 0 Å². The SMILES string of the molecule is Cc1cc2c3c(c1)-n1c4ccccc4c4cccc(c41)B3C1c3c(c(-c4ccccc4)c(-c4ccccc4)n3-2)C=C2C=CC=CC21. The minimum Gasteiger partial charge on any atom is -0.313 e. The summed E-state index contributed by atoms with van der Waals surface area (Å²) in [5.41, 5.74) is 18.8. The molecule has 4 aliphatic rings. The molecule has 2 aliphatic heterocycles. The summed E-state index contributed by atoms with van der Waals surface area (Å²) in [6, 6.07) is 43.0. The standard InChI is InChI=1S/C43H29BN2/c1-26-23-36-40-37(24-26)46-41(28-15-6-3-7-16-28)38(27-13-4-2-5-14-27)33-25-29-17-8-9-18-30(29)39(43(33)46)44(40)34-21-12-20-32-31-19-10-11-22-35(31)45(36)42(32)34/h2-25,30,39H,1H3. The van der Waals surface area contributed by atoms with Gasteiger partial charge in [-0.25, -0.2) is 0 Å². The molecule has 46 heavy (non-hydrogen) atoms. The molecule has 11 rings (SSSR count). The molecule has 214 valence electrons. The zero-order valence-corrected chi connectivity index (χ0v) is 25.5. The van der Waals surface area contributed by atoms with E-state index in [0.29, 0.717) is 0 Å². The maximum absolute atomic E-state index is 2.68. The molecule has 0 radical (unpaired) electrons. The molecule has 0 saturated carbocycles. The zero-order chi connectivity index (χ0) is 30.1. The van der Waals surface area contributed by atoms with Gasteiger partial charge in [0.2, 0.25) is 6.71 Å². The van der Waals surface area contributed by atoms with E-state index in [1.54, 1.807) is 0 Å². The number of hydrogen-bond acceptors (Lipinski definition) is 0. The van der Waals surface area contributed by atoms with Gasteiger partial charge in [-0.3, -0.25) is 0 Å². The van der Waals surface area contributed by atoms with E-state index in [2.05, 4.69) is 162 Å². The van der Waals surface area contributed by atoms with Crippen molar-refractivity contribution in [3.63, 3.8) is 0 Å². The van der Waals surface area contributed by atoms with Crippen LogP contribution in [0, 0.1) is 12.8 Å². The first-order valence-electron chi connectivity index (χ1n) is 16.4. The third kappa shape index (κ3) is 2.99. The highest BCUT2D eigenvalue weighted by Crippen LogP contribution is 2.54. The smallest absolute Gasteiger partial charge is 0.227 e. The van der Waals surface area contributed by atoms with Crippen LogP contribution in [-0.4, -0.2) is 15.8 Å². The average molecular weight is 585 g/mol. The lowest BCUT2D eigenvalue weighted by Crippen LogP contribution is -2.58. The van der Waals surface area contributed by atoms with Crippen LogP contribution >= 0.6 is 0 Å². The van der Waals surface area contributed by atoms with Crippen LogP contribution in [0.25, 0.3) is 61.6 Å². The first kappa shape index (κ1) is 24.7. The molecule has 4 heterocycles. The molecule has 0 spiro atoms. The van der Waals surface area contributed by atoms with Crippen LogP contribution in [0.5, 0.6) is 0 Å². The Bertz CT molecular complexity index is 2540. The normalized spacial score (nSPS) is 18.0. The monoisotopic (exact) mass is 584 g/mol. The van der Waals surface area contributed by atoms with Crippen molar-refractivity contribution in [2.24, 2.45) is 5.92 Å². The third-order valence-corrected chi connectivity index (χ3v) is 11.0. The van der Waals surface area contributed by atoms with Crippen molar-refractivity contribution in [1.82, 2.24) is 9.13 Å². The molecule has 2 atom stereocenters. The number of hydrogen-bond donors (Lipinski definition) is 0. The Morgan fingerprint density at radius 1 is 0.674 bits per heavy atom. The van der Waals surface area contributed by atoms with Gasteiger partial charge in [0.1, 0.15) is 0 Å². The summed E-state index contributed by atoms with van der Waals surface area (Å²) in [5.74, 6) is 0.541. The van der Waals surface area contributed by atoms with Crippen LogP contribution in [0.1, 0.15) is 22.6 Å². The van der Waals surface area contributed by atoms with Gasteiger partial charge in [-0.1, -0.05) is 121 Å². The van der Waals surface area contributed by atoms with E-state index in [1.807, 2.05) is 0 Å². The van der Waals surface area contributed by atoms with E-state index in [4.69, 9.17) is 0 Å². The Balaban J connectivity index is 1.37. The quantitative estimate of drug-likeness (QED) is 0.180. The third-order valence-electron chi connectivity index (χ3n) is 11.0. The summed E-state index contributed by atoms with van der Waals surface area (Å²) in [6.07, 6.45) is 11.8. The van der Waals surface area contributed by atoms with Gasteiger partial charge in [0.15, 0.2) is 0 Å². The second kappa shape index (κ2) is 8.80. The Morgan fingerprint density at radius 2 is 1.39 bits per heavy atom. The minimum atomic E-state index is 0.226. The average Bonchev–Trinajstić information content (AvgIpc) is 3.63. The molecule has 0 bridgehead atoms. The highest BCUT2D eigenvalue weighted by atomic mass is 15.1. The molecular formula is C43H29BN2. The van der Waals surface area contributed by atoms with Crippen molar-refractivity contribution >= 4 is 45.5 Å².